The highest BCUT2D eigenvalue weighted by atomic mass is 79.9. The molecule has 84 valence electrons. The van der Waals surface area contributed by atoms with Crippen LogP contribution in [0.4, 0.5) is 5.82 Å². The van der Waals surface area contributed by atoms with Gasteiger partial charge in [0.1, 0.15) is 5.82 Å². The Labute approximate surface area is 115 Å². The fourth-order valence-corrected chi connectivity index (χ4v) is 2.05. The van der Waals surface area contributed by atoms with Crippen LogP contribution in [0.1, 0.15) is 5.56 Å². The van der Waals surface area contributed by atoms with Gasteiger partial charge >= 0.3 is 0 Å². The van der Waals surface area contributed by atoms with Gasteiger partial charge in [0.15, 0.2) is 0 Å². The lowest BCUT2D eigenvalue weighted by Gasteiger charge is -2.05. The molecule has 0 aliphatic heterocycles. The minimum Gasteiger partial charge on any atom is -0.383 e. The summed E-state index contributed by atoms with van der Waals surface area (Å²) in [6.07, 6.45) is 1.68. The molecule has 2 aromatic rings. The molecule has 0 fully saturated rings. The van der Waals surface area contributed by atoms with Gasteiger partial charge in [-0.15, -0.1) is 0 Å². The molecule has 0 radical (unpaired) electrons. The van der Waals surface area contributed by atoms with E-state index in [2.05, 4.69) is 37.0 Å². The van der Waals surface area contributed by atoms with E-state index >= 15 is 0 Å². The Morgan fingerprint density at radius 2 is 2.06 bits per heavy atom. The highest BCUT2D eigenvalue weighted by Crippen LogP contribution is 2.24. The van der Waals surface area contributed by atoms with Gasteiger partial charge in [0.2, 0.25) is 0 Å². The number of benzene rings is 1. The normalized spacial score (nSPS) is 10.7. The van der Waals surface area contributed by atoms with E-state index in [1.54, 1.807) is 10.9 Å². The quantitative estimate of drug-likeness (QED) is 0.882. The Hall–Kier alpha value is -0.520. The molecule has 6 heteroatoms. The molecule has 0 aliphatic carbocycles. The van der Waals surface area contributed by atoms with Crippen molar-refractivity contribution >= 4 is 49.3 Å². The van der Waals surface area contributed by atoms with E-state index in [1.165, 1.54) is 0 Å². The summed E-state index contributed by atoms with van der Waals surface area (Å²) in [6.45, 7) is 0.602. The minimum atomic E-state index is 0.602. The van der Waals surface area contributed by atoms with Gasteiger partial charge in [0.25, 0.3) is 0 Å². The van der Waals surface area contributed by atoms with Crippen LogP contribution >= 0.6 is 43.5 Å². The molecular weight excluding hydrogens is 357 g/mol. The fraction of sp³-hybridized carbons (Fsp3) is 0.100. The molecule has 0 aliphatic rings. The van der Waals surface area contributed by atoms with Crippen molar-refractivity contribution in [2.24, 2.45) is 0 Å². The second-order valence-electron chi connectivity index (χ2n) is 3.28. The van der Waals surface area contributed by atoms with E-state index in [1.807, 2.05) is 18.2 Å². The average molecular weight is 365 g/mol. The molecule has 0 spiro atoms. The third kappa shape index (κ3) is 2.42. The van der Waals surface area contributed by atoms with Crippen molar-refractivity contribution in [3.05, 3.63) is 43.9 Å². The van der Waals surface area contributed by atoms with E-state index < -0.39 is 0 Å². The molecule has 0 saturated heterocycles. The Morgan fingerprint density at radius 3 is 2.62 bits per heavy atom. The number of nitrogens with two attached hydrogens (primary N) is 1. The van der Waals surface area contributed by atoms with Crippen LogP contribution in [-0.2, 0) is 6.54 Å². The zero-order chi connectivity index (χ0) is 11.7. The number of hydrogen-bond acceptors (Lipinski definition) is 2. The van der Waals surface area contributed by atoms with Crippen molar-refractivity contribution in [3.63, 3.8) is 0 Å². The third-order valence-corrected chi connectivity index (χ3v) is 3.99. The summed E-state index contributed by atoms with van der Waals surface area (Å²) in [6, 6.07) is 5.78. The lowest BCUT2D eigenvalue weighted by atomic mass is 10.2. The molecule has 0 atom stereocenters. The molecular formula is C10H8Br2ClN3. The predicted molar refractivity (Wildman–Crippen MR) is 72.6 cm³/mol. The van der Waals surface area contributed by atoms with Crippen molar-refractivity contribution in [2.75, 3.05) is 5.73 Å². The van der Waals surface area contributed by atoms with Crippen LogP contribution in [0.2, 0.25) is 5.02 Å². The summed E-state index contributed by atoms with van der Waals surface area (Å²) in [5.41, 5.74) is 6.88. The second kappa shape index (κ2) is 4.77. The van der Waals surface area contributed by atoms with Crippen molar-refractivity contribution < 1.29 is 0 Å². The van der Waals surface area contributed by atoms with Crippen molar-refractivity contribution in [3.8, 4) is 0 Å². The molecule has 1 aromatic carbocycles. The third-order valence-electron chi connectivity index (χ3n) is 2.15. The summed E-state index contributed by atoms with van der Waals surface area (Å²) >= 11 is 12.7. The molecule has 16 heavy (non-hydrogen) atoms. The van der Waals surface area contributed by atoms with Crippen LogP contribution in [0, 0.1) is 0 Å². The first-order valence-electron chi connectivity index (χ1n) is 4.48. The average Bonchev–Trinajstić information content (AvgIpc) is 2.55. The lowest BCUT2D eigenvalue weighted by molar-refractivity contribution is 0.697. The van der Waals surface area contributed by atoms with Gasteiger partial charge in [-0.2, -0.15) is 5.10 Å². The van der Waals surface area contributed by atoms with Crippen LogP contribution in [-0.4, -0.2) is 9.78 Å². The number of rotatable bonds is 2. The first kappa shape index (κ1) is 12.0. The molecule has 0 amide bonds. The Kier molecular flexibility index (Phi) is 3.56. The van der Waals surface area contributed by atoms with Gasteiger partial charge in [-0.05, 0) is 49.6 Å². The summed E-state index contributed by atoms with van der Waals surface area (Å²) in [4.78, 5) is 0. The number of hydrogen-bond donors (Lipinski definition) is 1. The van der Waals surface area contributed by atoms with Gasteiger partial charge < -0.3 is 5.73 Å². The van der Waals surface area contributed by atoms with Crippen LogP contribution < -0.4 is 5.73 Å². The van der Waals surface area contributed by atoms with Gasteiger partial charge in [0.05, 0.1) is 22.2 Å². The van der Waals surface area contributed by atoms with Crippen molar-refractivity contribution in [2.45, 2.75) is 6.54 Å². The molecule has 0 saturated carbocycles. The SMILES string of the molecule is Nc1c(Br)cnn1Cc1ccc(Br)c(Cl)c1. The van der Waals surface area contributed by atoms with Gasteiger partial charge in [-0.3, -0.25) is 0 Å². The standard InChI is InChI=1S/C10H8Br2ClN3/c11-7-2-1-6(3-9(7)13)5-16-10(14)8(12)4-15-16/h1-4H,5,14H2. The molecule has 0 unspecified atom stereocenters. The minimum absolute atomic E-state index is 0.602. The van der Waals surface area contributed by atoms with Gasteiger partial charge in [0, 0.05) is 4.47 Å². The molecule has 2 rings (SSSR count). The fourth-order valence-electron chi connectivity index (χ4n) is 1.31. The molecule has 0 bridgehead atoms. The molecule has 3 nitrogen and oxygen atoms in total. The number of nitrogen functional groups attached to an aromatic ring is 1. The Morgan fingerprint density at radius 1 is 1.31 bits per heavy atom. The molecule has 2 N–H and O–H groups in total. The highest BCUT2D eigenvalue weighted by molar-refractivity contribution is 9.11. The summed E-state index contributed by atoms with van der Waals surface area (Å²) in [5.74, 6) is 0.610. The van der Waals surface area contributed by atoms with E-state index in [-0.39, 0.29) is 0 Å². The van der Waals surface area contributed by atoms with Crippen LogP contribution in [0.25, 0.3) is 0 Å². The largest absolute Gasteiger partial charge is 0.383 e. The smallest absolute Gasteiger partial charge is 0.136 e. The van der Waals surface area contributed by atoms with Crippen LogP contribution in [0.3, 0.4) is 0 Å². The van der Waals surface area contributed by atoms with Crippen molar-refractivity contribution in [1.82, 2.24) is 9.78 Å². The maximum absolute atomic E-state index is 6.01. The Balaban J connectivity index is 2.27. The highest BCUT2D eigenvalue weighted by Gasteiger charge is 2.06. The lowest BCUT2D eigenvalue weighted by Crippen LogP contribution is -2.05. The maximum atomic E-state index is 6.01. The number of nitrogens with zero attached hydrogens (tertiary/aromatic N) is 2. The maximum Gasteiger partial charge on any atom is 0.136 e. The van der Waals surface area contributed by atoms with Crippen molar-refractivity contribution in [1.29, 1.82) is 0 Å². The summed E-state index contributed by atoms with van der Waals surface area (Å²) in [5, 5.41) is 4.84. The second-order valence-corrected chi connectivity index (χ2v) is 5.40. The zero-order valence-electron chi connectivity index (χ0n) is 8.12. The Bertz CT molecular complexity index is 525. The van der Waals surface area contributed by atoms with E-state index in [4.69, 9.17) is 17.3 Å². The van der Waals surface area contributed by atoms with Gasteiger partial charge in [-0.25, -0.2) is 4.68 Å². The number of halogens is 3. The zero-order valence-corrected chi connectivity index (χ0v) is 12.1. The van der Waals surface area contributed by atoms with E-state index in [9.17, 15) is 0 Å². The number of anilines is 1. The summed E-state index contributed by atoms with van der Waals surface area (Å²) < 4.78 is 3.40. The number of aromatic nitrogens is 2. The predicted octanol–water partition coefficient (Wildman–Crippen LogP) is 3.69. The molecule has 1 heterocycles. The topological polar surface area (TPSA) is 43.8 Å². The van der Waals surface area contributed by atoms with E-state index in [0.717, 1.165) is 14.5 Å². The summed E-state index contributed by atoms with van der Waals surface area (Å²) in [7, 11) is 0. The van der Waals surface area contributed by atoms with Crippen LogP contribution in [0.15, 0.2) is 33.3 Å². The van der Waals surface area contributed by atoms with E-state index in [0.29, 0.717) is 17.4 Å². The van der Waals surface area contributed by atoms with Gasteiger partial charge in [-0.1, -0.05) is 17.7 Å². The molecule has 1 aromatic heterocycles. The first-order valence-corrected chi connectivity index (χ1v) is 6.45. The first-order chi connectivity index (χ1) is 7.58. The van der Waals surface area contributed by atoms with Crippen LogP contribution in [0.5, 0.6) is 0 Å². The monoisotopic (exact) mass is 363 g/mol.